The number of rotatable bonds is 6. The van der Waals surface area contributed by atoms with Crippen LogP contribution in [0.1, 0.15) is 18.1 Å². The van der Waals surface area contributed by atoms with Crippen LogP contribution in [0, 0.1) is 0 Å². The molecule has 0 aliphatic rings. The minimum Gasteiger partial charge on any atom is -0.490 e. The molecule has 2 N–H and O–H groups in total. The third kappa shape index (κ3) is 4.37. The fourth-order valence-electron chi connectivity index (χ4n) is 1.99. The van der Waals surface area contributed by atoms with Crippen molar-refractivity contribution in [1.29, 1.82) is 0 Å². The van der Waals surface area contributed by atoms with Gasteiger partial charge in [0.2, 0.25) is 0 Å². The molecule has 0 saturated carbocycles. The SMILES string of the molecule is CCOc1cc(CN)cc(Cl)c1OCc1c(Cl)ccc(Cl)c1Cl. The average molecular weight is 395 g/mol. The van der Waals surface area contributed by atoms with Crippen LogP contribution in [0.3, 0.4) is 0 Å². The molecule has 0 bridgehead atoms. The monoisotopic (exact) mass is 393 g/mol. The van der Waals surface area contributed by atoms with Crippen molar-refractivity contribution in [3.8, 4) is 11.5 Å². The molecule has 0 amide bonds. The van der Waals surface area contributed by atoms with Crippen molar-refractivity contribution in [1.82, 2.24) is 0 Å². The maximum absolute atomic E-state index is 6.27. The summed E-state index contributed by atoms with van der Waals surface area (Å²) in [6.45, 7) is 2.81. The van der Waals surface area contributed by atoms with Gasteiger partial charge in [0.15, 0.2) is 11.5 Å². The molecule has 0 atom stereocenters. The highest BCUT2D eigenvalue weighted by atomic mass is 35.5. The van der Waals surface area contributed by atoms with Crippen LogP contribution in [-0.4, -0.2) is 6.61 Å². The second-order valence-corrected chi connectivity index (χ2v) is 6.25. The lowest BCUT2D eigenvalue weighted by atomic mass is 10.2. The van der Waals surface area contributed by atoms with Crippen LogP contribution in [0.4, 0.5) is 0 Å². The lowest BCUT2D eigenvalue weighted by molar-refractivity contribution is 0.269. The maximum Gasteiger partial charge on any atom is 0.180 e. The van der Waals surface area contributed by atoms with Crippen molar-refractivity contribution in [2.45, 2.75) is 20.1 Å². The average Bonchev–Trinajstić information content (AvgIpc) is 2.53. The highest BCUT2D eigenvalue weighted by molar-refractivity contribution is 6.44. The molecule has 0 radical (unpaired) electrons. The van der Waals surface area contributed by atoms with Gasteiger partial charge < -0.3 is 15.2 Å². The van der Waals surface area contributed by atoms with Crippen molar-refractivity contribution >= 4 is 46.4 Å². The van der Waals surface area contributed by atoms with Crippen molar-refractivity contribution in [2.24, 2.45) is 5.73 Å². The molecule has 2 aromatic rings. The fourth-order valence-corrected chi connectivity index (χ4v) is 2.93. The van der Waals surface area contributed by atoms with Gasteiger partial charge in [-0.1, -0.05) is 46.4 Å². The molecule has 23 heavy (non-hydrogen) atoms. The van der Waals surface area contributed by atoms with Gasteiger partial charge in [0, 0.05) is 17.1 Å². The van der Waals surface area contributed by atoms with Crippen molar-refractivity contribution < 1.29 is 9.47 Å². The molecular weight excluding hydrogens is 380 g/mol. The molecular formula is C16H15Cl4NO2. The van der Waals surface area contributed by atoms with Crippen LogP contribution in [0.2, 0.25) is 20.1 Å². The Labute approximate surface area is 155 Å². The quantitative estimate of drug-likeness (QED) is 0.635. The zero-order chi connectivity index (χ0) is 17.0. The molecule has 0 aliphatic heterocycles. The molecule has 0 aromatic heterocycles. The van der Waals surface area contributed by atoms with E-state index in [9.17, 15) is 0 Å². The van der Waals surface area contributed by atoms with E-state index < -0.39 is 0 Å². The van der Waals surface area contributed by atoms with Crippen molar-refractivity contribution in [2.75, 3.05) is 6.61 Å². The molecule has 0 spiro atoms. The second kappa shape index (κ2) is 8.32. The van der Waals surface area contributed by atoms with Crippen molar-refractivity contribution in [3.05, 3.63) is 55.5 Å². The molecule has 7 heteroatoms. The van der Waals surface area contributed by atoms with E-state index in [2.05, 4.69) is 0 Å². The number of hydrogen-bond acceptors (Lipinski definition) is 3. The Kier molecular flexibility index (Phi) is 6.69. The summed E-state index contributed by atoms with van der Waals surface area (Å²) in [5.41, 5.74) is 7.09. The number of ether oxygens (including phenoxy) is 2. The highest BCUT2D eigenvalue weighted by Gasteiger charge is 2.15. The Balaban J connectivity index is 2.32. The minimum atomic E-state index is 0.111. The standard InChI is InChI=1S/C16H15Cl4NO2/c1-2-22-14-6-9(7-21)5-13(19)16(14)23-8-10-11(17)3-4-12(18)15(10)20/h3-6H,2,7-8,21H2,1H3. The summed E-state index contributed by atoms with van der Waals surface area (Å²) in [7, 11) is 0. The third-order valence-corrected chi connectivity index (χ3v) is 4.58. The summed E-state index contributed by atoms with van der Waals surface area (Å²) in [4.78, 5) is 0. The third-order valence-electron chi connectivity index (χ3n) is 3.10. The van der Waals surface area contributed by atoms with Gasteiger partial charge in [0.25, 0.3) is 0 Å². The van der Waals surface area contributed by atoms with Gasteiger partial charge in [0.05, 0.1) is 21.7 Å². The number of hydrogen-bond donors (Lipinski definition) is 1. The molecule has 0 saturated heterocycles. The molecule has 0 aliphatic carbocycles. The summed E-state index contributed by atoms with van der Waals surface area (Å²) < 4.78 is 11.4. The molecule has 0 unspecified atom stereocenters. The Morgan fingerprint density at radius 1 is 0.957 bits per heavy atom. The van der Waals surface area contributed by atoms with E-state index in [1.807, 2.05) is 6.92 Å². The summed E-state index contributed by atoms with van der Waals surface area (Å²) in [5, 5.41) is 1.63. The Hall–Kier alpha value is -0.840. The summed E-state index contributed by atoms with van der Waals surface area (Å²) in [5.74, 6) is 0.938. The van der Waals surface area contributed by atoms with E-state index >= 15 is 0 Å². The van der Waals surface area contributed by atoms with Gasteiger partial charge in [-0.05, 0) is 36.8 Å². The maximum atomic E-state index is 6.27. The van der Waals surface area contributed by atoms with E-state index in [1.54, 1.807) is 24.3 Å². The molecule has 2 aromatic carbocycles. The predicted molar refractivity (Wildman–Crippen MR) is 96.3 cm³/mol. The van der Waals surface area contributed by atoms with Gasteiger partial charge in [-0.25, -0.2) is 0 Å². The Morgan fingerprint density at radius 3 is 2.30 bits per heavy atom. The highest BCUT2D eigenvalue weighted by Crippen LogP contribution is 2.39. The van der Waals surface area contributed by atoms with Crippen LogP contribution >= 0.6 is 46.4 Å². The van der Waals surface area contributed by atoms with Crippen LogP contribution < -0.4 is 15.2 Å². The number of halogens is 4. The first-order valence-electron chi connectivity index (χ1n) is 6.88. The summed E-state index contributed by atoms with van der Waals surface area (Å²) in [6, 6.07) is 6.83. The molecule has 124 valence electrons. The summed E-state index contributed by atoms with van der Waals surface area (Å²) >= 11 is 24.6. The predicted octanol–water partition coefficient (Wildman–Crippen LogP) is 5.74. The van der Waals surface area contributed by atoms with Gasteiger partial charge in [0.1, 0.15) is 6.61 Å². The largest absolute Gasteiger partial charge is 0.490 e. The smallest absolute Gasteiger partial charge is 0.180 e. The molecule has 2 rings (SSSR count). The second-order valence-electron chi connectivity index (χ2n) is 4.65. The Bertz CT molecular complexity index is 707. The van der Waals surface area contributed by atoms with Crippen LogP contribution in [-0.2, 0) is 13.2 Å². The van der Waals surface area contributed by atoms with Crippen LogP contribution in [0.25, 0.3) is 0 Å². The fraction of sp³-hybridized carbons (Fsp3) is 0.250. The van der Waals surface area contributed by atoms with E-state index in [-0.39, 0.29) is 6.61 Å². The van der Waals surface area contributed by atoms with E-state index in [0.29, 0.717) is 50.3 Å². The topological polar surface area (TPSA) is 44.5 Å². The first kappa shape index (κ1) is 18.5. The van der Waals surface area contributed by atoms with E-state index in [1.165, 1.54) is 0 Å². The number of benzene rings is 2. The van der Waals surface area contributed by atoms with Gasteiger partial charge >= 0.3 is 0 Å². The van der Waals surface area contributed by atoms with Gasteiger partial charge in [-0.2, -0.15) is 0 Å². The van der Waals surface area contributed by atoms with Crippen molar-refractivity contribution in [3.63, 3.8) is 0 Å². The molecule has 0 fully saturated rings. The summed E-state index contributed by atoms with van der Waals surface area (Å²) in [6.07, 6.45) is 0. The van der Waals surface area contributed by atoms with Gasteiger partial charge in [-0.3, -0.25) is 0 Å². The zero-order valence-corrected chi connectivity index (χ0v) is 15.4. The first-order valence-corrected chi connectivity index (χ1v) is 8.39. The molecule has 3 nitrogen and oxygen atoms in total. The minimum absolute atomic E-state index is 0.111. The lowest BCUT2D eigenvalue weighted by Gasteiger charge is -2.16. The van der Waals surface area contributed by atoms with E-state index in [0.717, 1.165) is 5.56 Å². The van der Waals surface area contributed by atoms with E-state index in [4.69, 9.17) is 61.6 Å². The van der Waals surface area contributed by atoms with Gasteiger partial charge in [-0.15, -0.1) is 0 Å². The normalized spacial score (nSPS) is 10.7. The van der Waals surface area contributed by atoms with Crippen LogP contribution in [0.15, 0.2) is 24.3 Å². The molecule has 0 heterocycles. The first-order chi connectivity index (χ1) is 11.0. The number of nitrogens with two attached hydrogens (primary N) is 1. The zero-order valence-electron chi connectivity index (χ0n) is 12.3. The van der Waals surface area contributed by atoms with Crippen LogP contribution in [0.5, 0.6) is 11.5 Å². The lowest BCUT2D eigenvalue weighted by Crippen LogP contribution is -2.04. The Morgan fingerprint density at radius 2 is 1.65 bits per heavy atom.